The van der Waals surface area contributed by atoms with Gasteiger partial charge in [-0.15, -0.1) is 0 Å². The minimum atomic E-state index is 0.0575. The van der Waals surface area contributed by atoms with E-state index in [2.05, 4.69) is 35.8 Å². The average Bonchev–Trinajstić information content (AvgIpc) is 2.96. The van der Waals surface area contributed by atoms with Gasteiger partial charge in [-0.1, -0.05) is 0 Å². The van der Waals surface area contributed by atoms with Crippen molar-refractivity contribution in [1.82, 2.24) is 19.5 Å². The van der Waals surface area contributed by atoms with Gasteiger partial charge in [0.15, 0.2) is 0 Å². The third-order valence-electron chi connectivity index (χ3n) is 3.36. The Hall–Kier alpha value is -1.47. The summed E-state index contributed by atoms with van der Waals surface area (Å²) in [5.41, 5.74) is 7.26. The fourth-order valence-corrected chi connectivity index (χ4v) is 2.60. The molecular formula is C12H15BrN6. The predicted molar refractivity (Wildman–Crippen MR) is 75.9 cm³/mol. The lowest BCUT2D eigenvalue weighted by atomic mass is 10.0. The van der Waals surface area contributed by atoms with Gasteiger partial charge in [0.25, 0.3) is 0 Å². The number of nitrogens with two attached hydrogens (primary N) is 1. The van der Waals surface area contributed by atoms with Gasteiger partial charge >= 0.3 is 0 Å². The Morgan fingerprint density at radius 3 is 2.63 bits per heavy atom. The number of halogens is 1. The molecule has 0 amide bonds. The van der Waals surface area contributed by atoms with Crippen molar-refractivity contribution >= 4 is 21.9 Å². The summed E-state index contributed by atoms with van der Waals surface area (Å²) in [5, 5.41) is 0. The van der Waals surface area contributed by atoms with Crippen molar-refractivity contribution in [3.8, 4) is 0 Å². The van der Waals surface area contributed by atoms with Crippen LogP contribution in [-0.4, -0.2) is 38.7 Å². The summed E-state index contributed by atoms with van der Waals surface area (Å²) in [6, 6.07) is 0.0575. The van der Waals surface area contributed by atoms with Gasteiger partial charge in [-0.3, -0.25) is 0 Å². The highest BCUT2D eigenvalue weighted by atomic mass is 79.9. The Bertz CT molecular complexity index is 566. The topological polar surface area (TPSA) is 72.9 Å². The van der Waals surface area contributed by atoms with Crippen molar-refractivity contribution in [1.29, 1.82) is 0 Å². The Morgan fingerprint density at radius 2 is 2.00 bits per heavy atom. The molecule has 2 aromatic rings. The van der Waals surface area contributed by atoms with Gasteiger partial charge in [0.05, 0.1) is 16.5 Å². The second-order valence-electron chi connectivity index (χ2n) is 4.84. The number of hydrogen-bond donors (Lipinski definition) is 1. The zero-order valence-corrected chi connectivity index (χ0v) is 12.2. The number of nitrogens with zero attached hydrogens (tertiary/aromatic N) is 5. The third-order valence-corrected chi connectivity index (χ3v) is 3.77. The van der Waals surface area contributed by atoms with Gasteiger partial charge in [0.2, 0.25) is 5.95 Å². The van der Waals surface area contributed by atoms with E-state index in [1.807, 2.05) is 17.8 Å². The Morgan fingerprint density at radius 1 is 1.26 bits per heavy atom. The van der Waals surface area contributed by atoms with Gasteiger partial charge in [0, 0.05) is 50.7 Å². The van der Waals surface area contributed by atoms with Crippen LogP contribution in [0.15, 0.2) is 29.4 Å². The minimum absolute atomic E-state index is 0.0575. The second-order valence-corrected chi connectivity index (χ2v) is 5.76. The molecule has 1 fully saturated rings. The van der Waals surface area contributed by atoms with E-state index in [0.717, 1.165) is 29.2 Å². The van der Waals surface area contributed by atoms with Crippen molar-refractivity contribution in [2.45, 2.75) is 12.0 Å². The van der Waals surface area contributed by atoms with Crippen LogP contribution in [0.4, 0.5) is 5.95 Å². The van der Waals surface area contributed by atoms with Crippen LogP contribution in [0.25, 0.3) is 0 Å². The normalized spacial score (nSPS) is 23.0. The third kappa shape index (κ3) is 2.48. The Balaban J connectivity index is 1.79. The zero-order chi connectivity index (χ0) is 13.4. The molecule has 0 saturated carbocycles. The van der Waals surface area contributed by atoms with Crippen LogP contribution in [0.2, 0.25) is 0 Å². The Kier molecular flexibility index (Phi) is 3.24. The van der Waals surface area contributed by atoms with Gasteiger partial charge in [0.1, 0.15) is 0 Å². The van der Waals surface area contributed by atoms with E-state index < -0.39 is 0 Å². The van der Waals surface area contributed by atoms with E-state index in [1.165, 1.54) is 0 Å². The number of hydrogen-bond acceptors (Lipinski definition) is 5. The molecule has 3 rings (SSSR count). The first-order valence-electron chi connectivity index (χ1n) is 6.09. The first-order chi connectivity index (χ1) is 9.13. The zero-order valence-electron chi connectivity index (χ0n) is 10.6. The average molecular weight is 323 g/mol. The molecule has 1 saturated heterocycles. The maximum atomic E-state index is 6.22. The molecule has 2 aromatic heterocycles. The molecule has 19 heavy (non-hydrogen) atoms. The maximum absolute atomic E-state index is 6.22. The van der Waals surface area contributed by atoms with Crippen LogP contribution >= 0.6 is 15.9 Å². The van der Waals surface area contributed by atoms with Gasteiger partial charge < -0.3 is 15.2 Å². The van der Waals surface area contributed by atoms with Crippen LogP contribution in [0, 0.1) is 0 Å². The van der Waals surface area contributed by atoms with E-state index in [0.29, 0.717) is 0 Å². The molecule has 3 heterocycles. The summed E-state index contributed by atoms with van der Waals surface area (Å²) in [7, 11) is 1.96. The lowest BCUT2D eigenvalue weighted by molar-refractivity contribution is 0.639. The molecule has 6 nitrogen and oxygen atoms in total. The van der Waals surface area contributed by atoms with Gasteiger partial charge in [-0.25, -0.2) is 15.0 Å². The highest BCUT2D eigenvalue weighted by Crippen LogP contribution is 2.27. The monoisotopic (exact) mass is 322 g/mol. The summed E-state index contributed by atoms with van der Waals surface area (Å²) in [6.45, 7) is 1.56. The Labute approximate surface area is 119 Å². The van der Waals surface area contributed by atoms with Crippen LogP contribution in [0.3, 0.4) is 0 Å². The van der Waals surface area contributed by atoms with Crippen molar-refractivity contribution in [3.63, 3.8) is 0 Å². The number of aryl methyl sites for hydroxylation is 1. The van der Waals surface area contributed by atoms with Crippen LogP contribution in [-0.2, 0) is 7.05 Å². The molecule has 0 radical (unpaired) electrons. The lowest BCUT2D eigenvalue weighted by Crippen LogP contribution is -2.29. The summed E-state index contributed by atoms with van der Waals surface area (Å²) < 4.78 is 2.82. The van der Waals surface area contributed by atoms with E-state index >= 15 is 0 Å². The quantitative estimate of drug-likeness (QED) is 0.889. The molecule has 100 valence electrons. The molecule has 0 spiro atoms. The first kappa shape index (κ1) is 12.6. The van der Waals surface area contributed by atoms with E-state index in [4.69, 9.17) is 5.73 Å². The maximum Gasteiger partial charge on any atom is 0.225 e. The molecule has 2 atom stereocenters. The fraction of sp³-hybridized carbons (Fsp3) is 0.417. The van der Waals surface area contributed by atoms with Crippen LogP contribution < -0.4 is 10.6 Å². The number of anilines is 1. The van der Waals surface area contributed by atoms with E-state index in [1.54, 1.807) is 18.7 Å². The largest absolute Gasteiger partial charge is 0.340 e. The standard InChI is InChI=1S/C12H15BrN6/c1-18-6-11(17-7-18)9-4-19(5-10(9)14)12-15-2-8(13)3-16-12/h2-3,6-7,9-10H,4-5,14H2,1H3/t9-,10-/m1/s1. The molecule has 0 aliphatic carbocycles. The number of aromatic nitrogens is 4. The summed E-state index contributed by atoms with van der Waals surface area (Å²) >= 11 is 3.34. The van der Waals surface area contributed by atoms with Crippen LogP contribution in [0.5, 0.6) is 0 Å². The second kappa shape index (κ2) is 4.90. The van der Waals surface area contributed by atoms with Crippen molar-refractivity contribution in [2.24, 2.45) is 12.8 Å². The fourth-order valence-electron chi connectivity index (χ4n) is 2.40. The molecule has 0 bridgehead atoms. The molecule has 7 heteroatoms. The summed E-state index contributed by atoms with van der Waals surface area (Å²) in [4.78, 5) is 15.1. The van der Waals surface area contributed by atoms with Crippen molar-refractivity contribution in [3.05, 3.63) is 35.1 Å². The highest BCUT2D eigenvalue weighted by Gasteiger charge is 2.33. The summed E-state index contributed by atoms with van der Waals surface area (Å²) in [6.07, 6.45) is 7.33. The molecular weight excluding hydrogens is 308 g/mol. The number of imidazole rings is 1. The summed E-state index contributed by atoms with van der Waals surface area (Å²) in [5.74, 6) is 0.950. The molecule has 1 aliphatic heterocycles. The van der Waals surface area contributed by atoms with Gasteiger partial charge in [-0.05, 0) is 15.9 Å². The molecule has 2 N–H and O–H groups in total. The van der Waals surface area contributed by atoms with E-state index in [9.17, 15) is 0 Å². The molecule has 0 aromatic carbocycles. The van der Waals surface area contributed by atoms with Crippen LogP contribution in [0.1, 0.15) is 11.6 Å². The van der Waals surface area contributed by atoms with Crippen molar-refractivity contribution < 1.29 is 0 Å². The first-order valence-corrected chi connectivity index (χ1v) is 6.88. The SMILES string of the molecule is Cn1cnc([C@@H]2CN(c3ncc(Br)cn3)C[C@H]2N)c1. The van der Waals surface area contributed by atoms with Crippen molar-refractivity contribution in [2.75, 3.05) is 18.0 Å². The predicted octanol–water partition coefficient (Wildman–Crippen LogP) is 0.904. The lowest BCUT2D eigenvalue weighted by Gasteiger charge is -2.15. The number of rotatable bonds is 2. The highest BCUT2D eigenvalue weighted by molar-refractivity contribution is 9.10. The van der Waals surface area contributed by atoms with E-state index in [-0.39, 0.29) is 12.0 Å². The van der Waals surface area contributed by atoms with Gasteiger partial charge in [-0.2, -0.15) is 0 Å². The minimum Gasteiger partial charge on any atom is -0.340 e. The smallest absolute Gasteiger partial charge is 0.225 e. The molecule has 0 unspecified atom stereocenters. The molecule has 1 aliphatic rings.